The normalized spacial score (nSPS) is 16.1. The van der Waals surface area contributed by atoms with Crippen LogP contribution in [0.15, 0.2) is 36.5 Å². The van der Waals surface area contributed by atoms with Crippen LogP contribution in [-0.2, 0) is 0 Å². The predicted molar refractivity (Wildman–Crippen MR) is 93.9 cm³/mol. The third-order valence-corrected chi connectivity index (χ3v) is 4.76. The van der Waals surface area contributed by atoms with Gasteiger partial charge in [-0.25, -0.2) is 9.97 Å². The molecule has 0 bridgehead atoms. The van der Waals surface area contributed by atoms with E-state index < -0.39 is 0 Å². The molecule has 3 heterocycles. The molecule has 0 atom stereocenters. The number of imidazole rings is 1. The minimum absolute atomic E-state index is 0.421. The summed E-state index contributed by atoms with van der Waals surface area (Å²) < 4.78 is 2.31. The number of piperidine rings is 1. The van der Waals surface area contributed by atoms with Crippen molar-refractivity contribution in [3.8, 4) is 11.4 Å². The number of nitrogens with zero attached hydrogens (tertiary/aromatic N) is 3. The van der Waals surface area contributed by atoms with Crippen molar-refractivity contribution in [1.82, 2.24) is 19.9 Å². The molecule has 23 heavy (non-hydrogen) atoms. The predicted octanol–water partition coefficient (Wildman–Crippen LogP) is 3.98. The summed E-state index contributed by atoms with van der Waals surface area (Å²) in [7, 11) is 0. The van der Waals surface area contributed by atoms with Crippen LogP contribution in [0, 0.1) is 6.92 Å². The van der Waals surface area contributed by atoms with Gasteiger partial charge in [-0.3, -0.25) is 0 Å². The minimum atomic E-state index is 0.421. The molecular weight excluding hydrogens is 308 g/mol. The zero-order valence-electron chi connectivity index (χ0n) is 13.1. The number of aromatic nitrogens is 3. The van der Waals surface area contributed by atoms with Crippen LogP contribution in [0.3, 0.4) is 0 Å². The number of fused-ring (bicyclic) bond motifs is 1. The zero-order valence-corrected chi connectivity index (χ0v) is 13.8. The van der Waals surface area contributed by atoms with E-state index in [-0.39, 0.29) is 0 Å². The van der Waals surface area contributed by atoms with E-state index in [1.54, 1.807) is 6.20 Å². The summed E-state index contributed by atoms with van der Waals surface area (Å²) in [5.41, 5.74) is 4.19. The highest BCUT2D eigenvalue weighted by atomic mass is 35.5. The van der Waals surface area contributed by atoms with E-state index in [2.05, 4.69) is 46.1 Å². The van der Waals surface area contributed by atoms with Crippen LogP contribution < -0.4 is 5.32 Å². The Morgan fingerprint density at radius 3 is 2.78 bits per heavy atom. The van der Waals surface area contributed by atoms with Gasteiger partial charge in [0.2, 0.25) is 0 Å². The Morgan fingerprint density at radius 1 is 1.22 bits per heavy atom. The zero-order chi connectivity index (χ0) is 15.8. The Hall–Kier alpha value is -1.91. The van der Waals surface area contributed by atoms with E-state index in [9.17, 15) is 0 Å². The topological polar surface area (TPSA) is 42.7 Å². The lowest BCUT2D eigenvalue weighted by molar-refractivity contribution is 0.376. The molecule has 1 aliphatic heterocycles. The lowest BCUT2D eigenvalue weighted by Crippen LogP contribution is -2.29. The van der Waals surface area contributed by atoms with Crippen molar-refractivity contribution in [1.29, 1.82) is 0 Å². The van der Waals surface area contributed by atoms with Gasteiger partial charge in [0.05, 0.1) is 5.02 Å². The summed E-state index contributed by atoms with van der Waals surface area (Å²) in [4.78, 5) is 9.46. The molecule has 1 aromatic carbocycles. The maximum Gasteiger partial charge on any atom is 0.160 e. The van der Waals surface area contributed by atoms with Crippen molar-refractivity contribution in [2.24, 2.45) is 0 Å². The second kappa shape index (κ2) is 5.95. The molecule has 5 heteroatoms. The van der Waals surface area contributed by atoms with Crippen molar-refractivity contribution >= 4 is 22.8 Å². The van der Waals surface area contributed by atoms with Crippen LogP contribution >= 0.6 is 11.6 Å². The van der Waals surface area contributed by atoms with Crippen LogP contribution in [0.5, 0.6) is 0 Å². The quantitative estimate of drug-likeness (QED) is 0.774. The average molecular weight is 327 g/mol. The molecule has 0 saturated carbocycles. The van der Waals surface area contributed by atoms with Crippen LogP contribution in [-0.4, -0.2) is 27.6 Å². The standard InChI is InChI=1S/C18H19ClN4/c1-12-4-2-3-5-15(12)17-22-16-10-13(19)11-21-18(16)23(17)14-6-8-20-9-7-14/h2-5,10-11,14,20H,6-9H2,1H3. The average Bonchev–Trinajstić information content (AvgIpc) is 2.94. The van der Waals surface area contributed by atoms with E-state index in [0.29, 0.717) is 11.1 Å². The molecule has 0 amide bonds. The van der Waals surface area contributed by atoms with Crippen molar-refractivity contribution in [3.63, 3.8) is 0 Å². The van der Waals surface area contributed by atoms with Gasteiger partial charge < -0.3 is 9.88 Å². The summed E-state index contributed by atoms with van der Waals surface area (Å²) in [6.07, 6.45) is 3.90. The molecule has 1 fully saturated rings. The molecule has 2 aromatic heterocycles. The van der Waals surface area contributed by atoms with E-state index in [1.165, 1.54) is 11.1 Å². The monoisotopic (exact) mass is 326 g/mol. The lowest BCUT2D eigenvalue weighted by Gasteiger charge is -2.26. The summed E-state index contributed by atoms with van der Waals surface area (Å²) in [5, 5.41) is 4.06. The molecule has 118 valence electrons. The fourth-order valence-corrected chi connectivity index (χ4v) is 3.53. The molecule has 0 spiro atoms. The number of hydrogen-bond acceptors (Lipinski definition) is 3. The van der Waals surface area contributed by atoms with Gasteiger partial charge in [-0.2, -0.15) is 0 Å². The molecule has 0 aliphatic carbocycles. The Kier molecular flexibility index (Phi) is 3.79. The van der Waals surface area contributed by atoms with Crippen LogP contribution in [0.2, 0.25) is 5.02 Å². The van der Waals surface area contributed by atoms with Crippen LogP contribution in [0.1, 0.15) is 24.4 Å². The maximum absolute atomic E-state index is 6.12. The van der Waals surface area contributed by atoms with Crippen molar-refractivity contribution in [3.05, 3.63) is 47.1 Å². The molecule has 3 aromatic rings. The molecule has 1 aliphatic rings. The summed E-state index contributed by atoms with van der Waals surface area (Å²) >= 11 is 6.12. The number of pyridine rings is 1. The molecule has 0 unspecified atom stereocenters. The van der Waals surface area contributed by atoms with Gasteiger partial charge in [-0.05, 0) is 44.5 Å². The number of halogens is 1. The van der Waals surface area contributed by atoms with Gasteiger partial charge in [0.1, 0.15) is 11.3 Å². The van der Waals surface area contributed by atoms with Gasteiger partial charge >= 0.3 is 0 Å². The van der Waals surface area contributed by atoms with E-state index in [4.69, 9.17) is 16.6 Å². The van der Waals surface area contributed by atoms with E-state index in [1.807, 2.05) is 6.07 Å². The highest BCUT2D eigenvalue weighted by Crippen LogP contribution is 2.33. The number of hydrogen-bond donors (Lipinski definition) is 1. The van der Waals surface area contributed by atoms with Gasteiger partial charge in [-0.1, -0.05) is 35.9 Å². The molecule has 4 rings (SSSR count). The fraction of sp³-hybridized carbons (Fsp3) is 0.333. The molecule has 1 N–H and O–H groups in total. The smallest absolute Gasteiger partial charge is 0.160 e. The minimum Gasteiger partial charge on any atom is -0.317 e. The van der Waals surface area contributed by atoms with Gasteiger partial charge in [0.15, 0.2) is 5.65 Å². The summed E-state index contributed by atoms with van der Waals surface area (Å²) in [6, 6.07) is 10.7. The lowest BCUT2D eigenvalue weighted by atomic mass is 10.0. The largest absolute Gasteiger partial charge is 0.317 e. The highest BCUT2D eigenvalue weighted by Gasteiger charge is 2.23. The van der Waals surface area contributed by atoms with Crippen molar-refractivity contribution < 1.29 is 0 Å². The fourth-order valence-electron chi connectivity index (χ4n) is 3.38. The number of aryl methyl sites for hydroxylation is 1. The summed E-state index contributed by atoms with van der Waals surface area (Å²) in [6.45, 7) is 4.19. The first-order chi connectivity index (χ1) is 11.2. The first-order valence-electron chi connectivity index (χ1n) is 8.04. The summed E-state index contributed by atoms with van der Waals surface area (Å²) in [5.74, 6) is 1.000. The van der Waals surface area contributed by atoms with Crippen molar-refractivity contribution in [2.45, 2.75) is 25.8 Å². The van der Waals surface area contributed by atoms with Gasteiger partial charge in [-0.15, -0.1) is 0 Å². The Labute approximate surface area is 140 Å². The van der Waals surface area contributed by atoms with Gasteiger partial charge in [0.25, 0.3) is 0 Å². The Balaban J connectivity index is 1.96. The molecule has 1 saturated heterocycles. The Bertz CT molecular complexity index is 849. The third-order valence-electron chi connectivity index (χ3n) is 4.56. The molecule has 0 radical (unpaired) electrons. The maximum atomic E-state index is 6.12. The van der Waals surface area contributed by atoms with Crippen LogP contribution in [0.4, 0.5) is 0 Å². The number of nitrogens with one attached hydrogen (secondary N) is 1. The SMILES string of the molecule is Cc1ccccc1-c1nc2cc(Cl)cnc2n1C1CCNCC1. The van der Waals surface area contributed by atoms with Crippen LogP contribution in [0.25, 0.3) is 22.6 Å². The second-order valence-electron chi connectivity index (χ2n) is 6.10. The number of benzene rings is 1. The van der Waals surface area contributed by atoms with Crippen molar-refractivity contribution in [2.75, 3.05) is 13.1 Å². The molecule has 4 nitrogen and oxygen atoms in total. The Morgan fingerprint density at radius 2 is 2.00 bits per heavy atom. The van der Waals surface area contributed by atoms with Gasteiger partial charge in [0, 0.05) is 17.8 Å². The first kappa shape index (κ1) is 14.7. The first-order valence-corrected chi connectivity index (χ1v) is 8.42. The van der Waals surface area contributed by atoms with E-state index in [0.717, 1.165) is 42.9 Å². The second-order valence-corrected chi connectivity index (χ2v) is 6.53. The van der Waals surface area contributed by atoms with E-state index >= 15 is 0 Å². The molecular formula is C18H19ClN4. The highest BCUT2D eigenvalue weighted by molar-refractivity contribution is 6.31. The number of rotatable bonds is 2. The third kappa shape index (κ3) is 2.62.